The third-order valence-corrected chi connectivity index (χ3v) is 9.39. The van der Waals surface area contributed by atoms with Crippen molar-refractivity contribution in [2.45, 2.75) is 70.1 Å². The zero-order chi connectivity index (χ0) is 35.5. The summed E-state index contributed by atoms with van der Waals surface area (Å²) >= 11 is 0. The molecule has 7 rings (SSSR count). The van der Waals surface area contributed by atoms with Crippen LogP contribution in [-0.2, 0) is 21.6 Å². The first-order chi connectivity index (χ1) is 24.7. The normalized spacial score (nSPS) is 17.2. The molecular formula is C39H39N5O7. The number of piperidine rings is 1. The molecule has 1 aromatic heterocycles. The average Bonchev–Trinajstić information content (AvgIpc) is 3.92. The predicted octanol–water partition coefficient (Wildman–Crippen LogP) is 5.20. The highest BCUT2D eigenvalue weighted by Crippen LogP contribution is 2.34. The van der Waals surface area contributed by atoms with Gasteiger partial charge in [0.25, 0.3) is 11.8 Å². The standard InChI is InChI=1S/C39H39N5O7/c1-39(2,25-6-11-29(12-7-25)50-23-27-18-20-41-38(42-27)51-30-13-14-30)24-4-9-28(10-5-24)49-21-3-19-40-26-8-15-31-32(22-26)37(48)44(36(31)47)33-16-17-34(45)43-35(33)46/h4-12,15,18,20,22,30,33,40H,3,13-14,16-17,19,21,23H2,1-2H3,(H,43,45,46). The maximum atomic E-state index is 13.1. The molecule has 1 saturated carbocycles. The van der Waals surface area contributed by atoms with Crippen molar-refractivity contribution in [3.05, 3.63) is 107 Å². The van der Waals surface area contributed by atoms with Crippen LogP contribution in [-0.4, -0.2) is 63.8 Å². The maximum absolute atomic E-state index is 13.1. The lowest BCUT2D eigenvalue weighted by Crippen LogP contribution is -2.54. The molecule has 0 spiro atoms. The SMILES string of the molecule is CC(C)(c1ccc(OCCCNc2ccc3c(c2)C(=O)N(C2CCC(=O)NC2=O)C3=O)cc1)c1ccc(OCc2ccnc(OC3CC3)n2)cc1. The van der Waals surface area contributed by atoms with Gasteiger partial charge in [0, 0.05) is 30.3 Å². The molecule has 0 radical (unpaired) electrons. The van der Waals surface area contributed by atoms with Crippen molar-refractivity contribution in [3.63, 3.8) is 0 Å². The van der Waals surface area contributed by atoms with Crippen molar-refractivity contribution in [2.24, 2.45) is 0 Å². The molecule has 2 aliphatic heterocycles. The number of fused-ring (bicyclic) bond motifs is 1. The lowest BCUT2D eigenvalue weighted by Gasteiger charge is -2.27. The fraction of sp³-hybridized carbons (Fsp3) is 0.333. The predicted molar refractivity (Wildman–Crippen MR) is 187 cm³/mol. The Bertz CT molecular complexity index is 1960. The molecule has 1 aliphatic carbocycles. The van der Waals surface area contributed by atoms with Crippen LogP contribution in [0.5, 0.6) is 17.5 Å². The molecule has 51 heavy (non-hydrogen) atoms. The number of hydrogen-bond donors (Lipinski definition) is 2. The lowest BCUT2D eigenvalue weighted by molar-refractivity contribution is -0.136. The van der Waals surface area contributed by atoms with E-state index in [0.29, 0.717) is 37.9 Å². The Hall–Kier alpha value is -5.78. The van der Waals surface area contributed by atoms with Gasteiger partial charge < -0.3 is 19.5 Å². The summed E-state index contributed by atoms with van der Waals surface area (Å²) in [4.78, 5) is 59.4. The monoisotopic (exact) mass is 689 g/mol. The number of hydrogen-bond acceptors (Lipinski definition) is 10. The molecule has 1 saturated heterocycles. The minimum absolute atomic E-state index is 0.0803. The van der Waals surface area contributed by atoms with Gasteiger partial charge in [-0.15, -0.1) is 0 Å². The number of benzene rings is 3. The fourth-order valence-corrected chi connectivity index (χ4v) is 6.18. The number of nitrogens with zero attached hydrogens (tertiary/aromatic N) is 3. The van der Waals surface area contributed by atoms with Gasteiger partial charge in [0.05, 0.1) is 23.4 Å². The van der Waals surface area contributed by atoms with Crippen molar-refractivity contribution in [2.75, 3.05) is 18.5 Å². The molecule has 0 bridgehead atoms. The van der Waals surface area contributed by atoms with Crippen LogP contribution in [0.4, 0.5) is 5.69 Å². The third-order valence-electron chi connectivity index (χ3n) is 9.39. The van der Waals surface area contributed by atoms with Gasteiger partial charge in [0.1, 0.15) is 30.3 Å². The van der Waals surface area contributed by atoms with Crippen LogP contribution in [0.15, 0.2) is 79.0 Å². The quantitative estimate of drug-likeness (QED) is 0.134. The highest BCUT2D eigenvalue weighted by Gasteiger charge is 2.44. The molecule has 3 aliphatic rings. The van der Waals surface area contributed by atoms with E-state index in [1.54, 1.807) is 24.4 Å². The van der Waals surface area contributed by atoms with E-state index < -0.39 is 29.7 Å². The summed E-state index contributed by atoms with van der Waals surface area (Å²) < 4.78 is 17.6. The van der Waals surface area contributed by atoms with Gasteiger partial charge in [-0.25, -0.2) is 4.98 Å². The first kappa shape index (κ1) is 33.7. The molecule has 3 aromatic carbocycles. The molecule has 262 valence electrons. The Morgan fingerprint density at radius 2 is 1.53 bits per heavy atom. The summed E-state index contributed by atoms with van der Waals surface area (Å²) in [5.41, 5.74) is 3.99. The van der Waals surface area contributed by atoms with Crippen molar-refractivity contribution < 1.29 is 33.4 Å². The van der Waals surface area contributed by atoms with Crippen LogP contribution in [0.3, 0.4) is 0 Å². The van der Waals surface area contributed by atoms with E-state index in [-0.39, 0.29) is 35.5 Å². The molecule has 2 N–H and O–H groups in total. The number of aromatic nitrogens is 2. The molecule has 12 heteroatoms. The van der Waals surface area contributed by atoms with Crippen LogP contribution in [0.25, 0.3) is 0 Å². The number of ether oxygens (including phenoxy) is 3. The largest absolute Gasteiger partial charge is 0.494 e. The number of carbonyl (C=O) groups excluding carboxylic acids is 4. The number of rotatable bonds is 14. The van der Waals surface area contributed by atoms with Gasteiger partial charge in [0.15, 0.2) is 0 Å². The molecule has 1 atom stereocenters. The number of imide groups is 2. The van der Waals surface area contributed by atoms with Crippen LogP contribution in [0, 0.1) is 0 Å². The van der Waals surface area contributed by atoms with Gasteiger partial charge in [0.2, 0.25) is 11.8 Å². The summed E-state index contributed by atoms with van der Waals surface area (Å²) in [6, 6.07) is 22.4. The summed E-state index contributed by atoms with van der Waals surface area (Å²) in [6.07, 6.45) is 4.94. The fourth-order valence-electron chi connectivity index (χ4n) is 6.18. The van der Waals surface area contributed by atoms with E-state index in [9.17, 15) is 19.2 Å². The van der Waals surface area contributed by atoms with Crippen LogP contribution in [0.1, 0.15) is 83.5 Å². The molecule has 2 fully saturated rings. The number of carbonyl (C=O) groups is 4. The minimum atomic E-state index is -0.987. The molecular weight excluding hydrogens is 650 g/mol. The number of amides is 4. The molecule has 1 unspecified atom stereocenters. The summed E-state index contributed by atoms with van der Waals surface area (Å²) in [7, 11) is 0. The van der Waals surface area contributed by atoms with Crippen LogP contribution < -0.4 is 24.8 Å². The van der Waals surface area contributed by atoms with Crippen molar-refractivity contribution in [1.29, 1.82) is 0 Å². The molecule has 4 aromatic rings. The summed E-state index contributed by atoms with van der Waals surface area (Å²) in [5.74, 6) is -0.559. The van der Waals surface area contributed by atoms with Gasteiger partial charge in [-0.3, -0.25) is 29.4 Å². The number of nitrogens with one attached hydrogen (secondary N) is 2. The first-order valence-corrected chi connectivity index (χ1v) is 17.2. The molecule has 4 amide bonds. The molecule has 3 heterocycles. The van der Waals surface area contributed by atoms with E-state index in [0.717, 1.165) is 46.1 Å². The second-order valence-corrected chi connectivity index (χ2v) is 13.4. The van der Waals surface area contributed by atoms with E-state index in [1.165, 1.54) is 0 Å². The first-order valence-electron chi connectivity index (χ1n) is 17.2. The topological polar surface area (TPSA) is 149 Å². The van der Waals surface area contributed by atoms with Crippen molar-refractivity contribution >= 4 is 29.3 Å². The van der Waals surface area contributed by atoms with Gasteiger partial charge >= 0.3 is 6.01 Å². The second kappa shape index (κ2) is 14.2. The highest BCUT2D eigenvalue weighted by atomic mass is 16.5. The zero-order valence-corrected chi connectivity index (χ0v) is 28.5. The van der Waals surface area contributed by atoms with Gasteiger partial charge in [-0.1, -0.05) is 38.1 Å². The van der Waals surface area contributed by atoms with Gasteiger partial charge in [-0.05, 0) is 85.3 Å². The molecule has 12 nitrogen and oxygen atoms in total. The Labute approximate surface area is 295 Å². The number of anilines is 1. The summed E-state index contributed by atoms with van der Waals surface area (Å²) in [5, 5.41) is 5.49. The minimum Gasteiger partial charge on any atom is -0.494 e. The zero-order valence-electron chi connectivity index (χ0n) is 28.5. The van der Waals surface area contributed by atoms with E-state index >= 15 is 0 Å². The van der Waals surface area contributed by atoms with Crippen LogP contribution in [0.2, 0.25) is 0 Å². The van der Waals surface area contributed by atoms with E-state index in [4.69, 9.17) is 14.2 Å². The Morgan fingerprint density at radius 1 is 0.843 bits per heavy atom. The maximum Gasteiger partial charge on any atom is 0.316 e. The highest BCUT2D eigenvalue weighted by molar-refractivity contribution is 6.23. The average molecular weight is 690 g/mol. The summed E-state index contributed by atoms with van der Waals surface area (Å²) in [6.45, 7) is 5.75. The smallest absolute Gasteiger partial charge is 0.316 e. The van der Waals surface area contributed by atoms with Crippen LogP contribution >= 0.6 is 0 Å². The Morgan fingerprint density at radius 3 is 2.22 bits per heavy atom. The van der Waals surface area contributed by atoms with Crippen molar-refractivity contribution in [3.8, 4) is 17.5 Å². The Balaban J connectivity index is 0.863. The third kappa shape index (κ3) is 7.54. The van der Waals surface area contributed by atoms with E-state index in [1.807, 2.05) is 30.3 Å². The van der Waals surface area contributed by atoms with Crippen molar-refractivity contribution in [1.82, 2.24) is 20.2 Å². The van der Waals surface area contributed by atoms with E-state index in [2.05, 4.69) is 58.7 Å². The lowest BCUT2D eigenvalue weighted by atomic mass is 9.78. The second-order valence-electron chi connectivity index (χ2n) is 13.4. The Kier molecular flexibility index (Phi) is 9.40. The van der Waals surface area contributed by atoms with Gasteiger partial charge in [-0.2, -0.15) is 4.98 Å².